The molecule has 2 saturated heterocycles. The van der Waals surface area contributed by atoms with Crippen LogP contribution >= 0.6 is 0 Å². The molecule has 2 aromatic heterocycles. The number of nitrogen functional groups attached to an aromatic ring is 1. The van der Waals surface area contributed by atoms with E-state index in [0.29, 0.717) is 60.4 Å². The Balaban J connectivity index is 1.55. The molecule has 0 spiro atoms. The SMILES string of the molecule is Cc1c(Cc2c(CNC(=O)[C@H]3CCCN3)nc3c(N)cc(N4CCOCC4)nn23)cccc1C(F)(F)F. The van der Waals surface area contributed by atoms with Crippen LogP contribution in [-0.4, -0.2) is 59.4 Å². The van der Waals surface area contributed by atoms with Crippen molar-refractivity contribution in [1.29, 1.82) is 0 Å². The number of halogens is 3. The number of benzene rings is 1. The van der Waals surface area contributed by atoms with Crippen LogP contribution in [0.1, 0.15) is 40.9 Å². The number of nitrogens with zero attached hydrogens (tertiary/aromatic N) is 4. The third kappa shape index (κ3) is 5.21. The summed E-state index contributed by atoms with van der Waals surface area (Å²) in [6, 6.07) is 5.64. The summed E-state index contributed by atoms with van der Waals surface area (Å²) in [5.41, 5.74) is 8.24. The van der Waals surface area contributed by atoms with Crippen LogP contribution in [-0.2, 0) is 28.7 Å². The Morgan fingerprint density at radius 3 is 2.78 bits per heavy atom. The Bertz CT molecular complexity index is 1300. The molecule has 4 heterocycles. The van der Waals surface area contributed by atoms with Crippen LogP contribution < -0.4 is 21.3 Å². The summed E-state index contributed by atoms with van der Waals surface area (Å²) in [4.78, 5) is 19.4. The first-order valence-electron chi connectivity index (χ1n) is 12.4. The molecule has 5 rings (SSSR count). The van der Waals surface area contributed by atoms with Crippen molar-refractivity contribution in [2.75, 3.05) is 43.5 Å². The number of carbonyl (C=O) groups excluding carboxylic acids is 1. The molecule has 2 fully saturated rings. The highest BCUT2D eigenvalue weighted by atomic mass is 19.4. The Labute approximate surface area is 212 Å². The van der Waals surface area contributed by atoms with E-state index < -0.39 is 11.7 Å². The number of nitrogens with one attached hydrogen (secondary N) is 2. The van der Waals surface area contributed by atoms with Crippen molar-refractivity contribution in [3.63, 3.8) is 0 Å². The molecule has 2 aliphatic rings. The van der Waals surface area contributed by atoms with Crippen molar-refractivity contribution in [3.05, 3.63) is 52.3 Å². The normalized spacial score (nSPS) is 18.5. The zero-order valence-electron chi connectivity index (χ0n) is 20.6. The van der Waals surface area contributed by atoms with Gasteiger partial charge in [-0.05, 0) is 43.5 Å². The van der Waals surface area contributed by atoms with Crippen LogP contribution in [0.2, 0.25) is 0 Å². The van der Waals surface area contributed by atoms with Gasteiger partial charge in [0.1, 0.15) is 0 Å². The van der Waals surface area contributed by atoms with Crippen molar-refractivity contribution >= 4 is 23.1 Å². The second-order valence-electron chi connectivity index (χ2n) is 9.43. The minimum atomic E-state index is -4.46. The number of anilines is 2. The van der Waals surface area contributed by atoms with Crippen molar-refractivity contribution in [1.82, 2.24) is 25.2 Å². The molecule has 0 radical (unpaired) electrons. The van der Waals surface area contributed by atoms with E-state index in [1.165, 1.54) is 13.0 Å². The smallest absolute Gasteiger partial charge is 0.396 e. The molecule has 0 bridgehead atoms. The van der Waals surface area contributed by atoms with Gasteiger partial charge in [0, 0.05) is 25.6 Å². The summed E-state index contributed by atoms with van der Waals surface area (Å²) in [7, 11) is 0. The number of imidazole rings is 1. The standard InChI is InChI=1S/C25H30F3N7O2/c1-15-16(4-2-5-17(15)25(26,27)28)12-21-20(14-31-24(36)19-6-3-7-30-19)32-23-18(29)13-22(33-35(21)23)34-8-10-37-11-9-34/h2,4-5,13,19,30H,3,6-12,14,29H2,1H3,(H,31,36)/t19-/m1/s1. The van der Waals surface area contributed by atoms with Crippen molar-refractivity contribution < 1.29 is 22.7 Å². The highest BCUT2D eigenvalue weighted by Crippen LogP contribution is 2.34. The van der Waals surface area contributed by atoms with Gasteiger partial charge in [-0.25, -0.2) is 9.50 Å². The number of alkyl halides is 3. The van der Waals surface area contributed by atoms with Gasteiger partial charge in [0.05, 0.1) is 48.4 Å². The second kappa shape index (κ2) is 10.2. The molecule has 9 nitrogen and oxygen atoms in total. The second-order valence-corrected chi connectivity index (χ2v) is 9.43. The molecule has 0 saturated carbocycles. The number of morpholine rings is 1. The lowest BCUT2D eigenvalue weighted by molar-refractivity contribution is -0.138. The number of fused-ring (bicyclic) bond motifs is 1. The van der Waals surface area contributed by atoms with E-state index in [2.05, 4.69) is 15.6 Å². The predicted octanol–water partition coefficient (Wildman–Crippen LogP) is 2.43. The van der Waals surface area contributed by atoms with Gasteiger partial charge in [-0.2, -0.15) is 13.2 Å². The number of nitrogens with two attached hydrogens (primary N) is 1. The molecular formula is C25H30F3N7O2. The van der Waals surface area contributed by atoms with Crippen LogP contribution in [0, 0.1) is 6.92 Å². The summed E-state index contributed by atoms with van der Waals surface area (Å²) in [6.07, 6.45) is -2.64. The van der Waals surface area contributed by atoms with Gasteiger partial charge in [-0.15, -0.1) is 5.10 Å². The summed E-state index contributed by atoms with van der Waals surface area (Å²) < 4.78 is 47.8. The third-order valence-corrected chi connectivity index (χ3v) is 7.03. The van der Waals surface area contributed by atoms with Gasteiger partial charge in [-0.3, -0.25) is 4.79 Å². The van der Waals surface area contributed by atoms with Crippen LogP contribution in [0.15, 0.2) is 24.3 Å². The largest absolute Gasteiger partial charge is 0.416 e. The number of amides is 1. The maximum Gasteiger partial charge on any atom is 0.416 e. The number of ether oxygens (including phenoxy) is 1. The minimum absolute atomic E-state index is 0.111. The molecule has 1 atom stereocenters. The first-order chi connectivity index (χ1) is 17.7. The highest BCUT2D eigenvalue weighted by molar-refractivity contribution is 5.82. The molecule has 1 aromatic carbocycles. The Morgan fingerprint density at radius 2 is 2.08 bits per heavy atom. The van der Waals surface area contributed by atoms with Crippen molar-refractivity contribution in [2.24, 2.45) is 0 Å². The van der Waals surface area contributed by atoms with Crippen LogP contribution in [0.25, 0.3) is 5.65 Å². The zero-order valence-corrected chi connectivity index (χ0v) is 20.6. The number of hydrogen-bond donors (Lipinski definition) is 3. The van der Waals surface area contributed by atoms with E-state index in [0.717, 1.165) is 25.5 Å². The number of carbonyl (C=O) groups is 1. The van der Waals surface area contributed by atoms with E-state index in [-0.39, 0.29) is 30.5 Å². The molecule has 2 aliphatic heterocycles. The average molecular weight is 518 g/mol. The lowest BCUT2D eigenvalue weighted by atomic mass is 9.98. The summed E-state index contributed by atoms with van der Waals surface area (Å²) >= 11 is 0. The lowest BCUT2D eigenvalue weighted by Gasteiger charge is -2.27. The maximum absolute atomic E-state index is 13.6. The lowest BCUT2D eigenvalue weighted by Crippen LogP contribution is -2.40. The fourth-order valence-electron chi connectivity index (χ4n) is 4.95. The first-order valence-corrected chi connectivity index (χ1v) is 12.4. The van der Waals surface area contributed by atoms with Gasteiger partial charge >= 0.3 is 6.18 Å². The zero-order chi connectivity index (χ0) is 26.2. The molecule has 37 heavy (non-hydrogen) atoms. The molecule has 0 unspecified atom stereocenters. The summed E-state index contributed by atoms with van der Waals surface area (Å²) in [5, 5.41) is 10.9. The minimum Gasteiger partial charge on any atom is -0.396 e. The van der Waals surface area contributed by atoms with Gasteiger partial charge in [0.2, 0.25) is 5.91 Å². The van der Waals surface area contributed by atoms with E-state index in [9.17, 15) is 18.0 Å². The molecule has 4 N–H and O–H groups in total. The summed E-state index contributed by atoms with van der Waals surface area (Å²) in [5.74, 6) is 0.504. The van der Waals surface area contributed by atoms with E-state index >= 15 is 0 Å². The van der Waals surface area contributed by atoms with Gasteiger partial charge in [0.25, 0.3) is 0 Å². The molecule has 1 amide bonds. The van der Waals surface area contributed by atoms with Crippen LogP contribution in [0.3, 0.4) is 0 Å². The van der Waals surface area contributed by atoms with E-state index in [1.54, 1.807) is 16.6 Å². The van der Waals surface area contributed by atoms with Crippen molar-refractivity contribution in [2.45, 2.75) is 44.9 Å². The van der Waals surface area contributed by atoms with Crippen molar-refractivity contribution in [3.8, 4) is 0 Å². The van der Waals surface area contributed by atoms with Gasteiger partial charge in [-0.1, -0.05) is 12.1 Å². The average Bonchev–Trinajstić information content (AvgIpc) is 3.53. The Morgan fingerprint density at radius 1 is 1.30 bits per heavy atom. The number of rotatable bonds is 6. The molecule has 12 heteroatoms. The monoisotopic (exact) mass is 517 g/mol. The quantitative estimate of drug-likeness (QED) is 0.461. The molecule has 0 aliphatic carbocycles. The maximum atomic E-state index is 13.6. The van der Waals surface area contributed by atoms with Crippen LogP contribution in [0.4, 0.5) is 24.7 Å². The third-order valence-electron chi connectivity index (χ3n) is 7.03. The highest BCUT2D eigenvalue weighted by Gasteiger charge is 2.33. The number of aromatic nitrogens is 3. The summed E-state index contributed by atoms with van der Waals surface area (Å²) in [6.45, 7) is 4.78. The molecule has 198 valence electrons. The fraction of sp³-hybridized carbons (Fsp3) is 0.480. The van der Waals surface area contributed by atoms with Gasteiger partial charge in [0.15, 0.2) is 11.5 Å². The predicted molar refractivity (Wildman–Crippen MR) is 132 cm³/mol. The van der Waals surface area contributed by atoms with E-state index in [1.807, 2.05) is 4.90 Å². The topological polar surface area (TPSA) is 110 Å². The van der Waals surface area contributed by atoms with Gasteiger partial charge < -0.3 is 26.0 Å². The number of hydrogen-bond acceptors (Lipinski definition) is 7. The molecule has 3 aromatic rings. The fourth-order valence-corrected chi connectivity index (χ4v) is 4.95. The first kappa shape index (κ1) is 25.3. The Hall–Kier alpha value is -3.38. The van der Waals surface area contributed by atoms with Crippen LogP contribution in [0.5, 0.6) is 0 Å². The Kier molecular flexibility index (Phi) is 6.95. The molecular weight excluding hydrogens is 487 g/mol. The van der Waals surface area contributed by atoms with E-state index in [4.69, 9.17) is 15.6 Å².